The summed E-state index contributed by atoms with van der Waals surface area (Å²) < 4.78 is 26.4. The highest BCUT2D eigenvalue weighted by atomic mass is 19.2. The first-order chi connectivity index (χ1) is 9.93. The largest absolute Gasteiger partial charge is 0.478 e. The number of rotatable bonds is 4. The van der Waals surface area contributed by atoms with Crippen molar-refractivity contribution < 1.29 is 23.5 Å². The molecule has 1 aromatic carbocycles. The van der Waals surface area contributed by atoms with E-state index in [0.717, 1.165) is 12.8 Å². The van der Waals surface area contributed by atoms with Crippen molar-refractivity contribution in [2.75, 3.05) is 11.9 Å². The second-order valence-corrected chi connectivity index (χ2v) is 5.14. The van der Waals surface area contributed by atoms with Gasteiger partial charge in [0.1, 0.15) is 0 Å². The Labute approximate surface area is 120 Å². The number of carboxylic acids is 1. The molecule has 114 valence electrons. The van der Waals surface area contributed by atoms with Gasteiger partial charge in [0.2, 0.25) is 5.91 Å². The smallest absolute Gasteiger partial charge is 0.337 e. The van der Waals surface area contributed by atoms with Gasteiger partial charge in [-0.05, 0) is 31.4 Å². The summed E-state index contributed by atoms with van der Waals surface area (Å²) >= 11 is 0. The lowest BCUT2D eigenvalue weighted by atomic mass is 9.95. The molecule has 0 spiro atoms. The lowest BCUT2D eigenvalue weighted by Gasteiger charge is -2.18. The van der Waals surface area contributed by atoms with E-state index >= 15 is 0 Å². The number of hydrogen-bond acceptors (Lipinski definition) is 3. The van der Waals surface area contributed by atoms with Crippen LogP contribution < -0.4 is 11.1 Å². The molecule has 1 fully saturated rings. The number of benzene rings is 1. The maximum atomic E-state index is 13.3. The van der Waals surface area contributed by atoms with Crippen molar-refractivity contribution in [1.82, 2.24) is 0 Å². The highest BCUT2D eigenvalue weighted by Crippen LogP contribution is 2.32. The Morgan fingerprint density at radius 1 is 1.29 bits per heavy atom. The quantitative estimate of drug-likeness (QED) is 0.792. The van der Waals surface area contributed by atoms with Gasteiger partial charge in [0.25, 0.3) is 0 Å². The van der Waals surface area contributed by atoms with E-state index in [1.165, 1.54) is 0 Å². The molecule has 0 bridgehead atoms. The van der Waals surface area contributed by atoms with Gasteiger partial charge in [-0.25, -0.2) is 13.6 Å². The van der Waals surface area contributed by atoms with Crippen LogP contribution in [0.25, 0.3) is 0 Å². The van der Waals surface area contributed by atoms with Crippen LogP contribution in [0.1, 0.15) is 29.6 Å². The summed E-state index contributed by atoms with van der Waals surface area (Å²) in [4.78, 5) is 23.2. The minimum atomic E-state index is -1.44. The molecule has 1 aliphatic rings. The van der Waals surface area contributed by atoms with Crippen molar-refractivity contribution in [3.05, 3.63) is 29.3 Å². The molecule has 1 aliphatic carbocycles. The van der Waals surface area contributed by atoms with Crippen LogP contribution in [0.3, 0.4) is 0 Å². The molecule has 1 saturated carbocycles. The zero-order chi connectivity index (χ0) is 15.6. The number of aromatic carboxylic acids is 1. The summed E-state index contributed by atoms with van der Waals surface area (Å²) in [7, 11) is 0. The maximum absolute atomic E-state index is 13.3. The zero-order valence-electron chi connectivity index (χ0n) is 11.2. The van der Waals surface area contributed by atoms with E-state index in [0.29, 0.717) is 25.1 Å². The highest BCUT2D eigenvalue weighted by Gasteiger charge is 2.32. The number of nitrogens with two attached hydrogens (primary N) is 1. The molecule has 21 heavy (non-hydrogen) atoms. The third kappa shape index (κ3) is 3.18. The monoisotopic (exact) mass is 298 g/mol. The highest BCUT2D eigenvalue weighted by molar-refractivity contribution is 6.01. The van der Waals surface area contributed by atoms with Crippen LogP contribution in [-0.2, 0) is 4.79 Å². The summed E-state index contributed by atoms with van der Waals surface area (Å²) in [6.07, 6.45) is 2.35. The summed E-state index contributed by atoms with van der Waals surface area (Å²) in [6.45, 7) is 0.363. The first-order valence-electron chi connectivity index (χ1n) is 6.67. The summed E-state index contributed by atoms with van der Waals surface area (Å²) in [5, 5.41) is 11.4. The van der Waals surface area contributed by atoms with Crippen LogP contribution in [0.2, 0.25) is 0 Å². The molecule has 0 aliphatic heterocycles. The Morgan fingerprint density at radius 3 is 2.57 bits per heavy atom. The van der Waals surface area contributed by atoms with E-state index in [2.05, 4.69) is 5.32 Å². The summed E-state index contributed by atoms with van der Waals surface area (Å²) in [5.74, 6) is -4.63. The predicted octanol–water partition coefficient (Wildman–Crippen LogP) is 1.98. The molecule has 1 amide bonds. The van der Waals surface area contributed by atoms with Crippen molar-refractivity contribution >= 4 is 17.6 Å². The van der Waals surface area contributed by atoms with Crippen LogP contribution in [0.5, 0.6) is 0 Å². The van der Waals surface area contributed by atoms with Crippen molar-refractivity contribution in [2.24, 2.45) is 17.6 Å². The molecular formula is C14H16F2N2O3. The molecule has 2 atom stereocenters. The van der Waals surface area contributed by atoms with Gasteiger partial charge in [0, 0.05) is 12.0 Å². The number of halogens is 2. The van der Waals surface area contributed by atoms with Crippen LogP contribution in [0, 0.1) is 23.5 Å². The number of hydrogen-bond donors (Lipinski definition) is 3. The molecule has 5 nitrogen and oxygen atoms in total. The van der Waals surface area contributed by atoms with E-state index in [1.54, 1.807) is 0 Å². The van der Waals surface area contributed by atoms with E-state index in [1.807, 2.05) is 0 Å². The minimum Gasteiger partial charge on any atom is -0.478 e. The fourth-order valence-corrected chi connectivity index (χ4v) is 2.72. The van der Waals surface area contributed by atoms with Crippen LogP contribution in [0.4, 0.5) is 14.5 Å². The molecule has 2 unspecified atom stereocenters. The average Bonchev–Trinajstić information content (AvgIpc) is 2.90. The average molecular weight is 298 g/mol. The third-order valence-electron chi connectivity index (χ3n) is 3.85. The SMILES string of the molecule is NCC1CCCC1C(=O)Nc1cc(F)c(F)cc1C(=O)O. The van der Waals surface area contributed by atoms with Crippen molar-refractivity contribution in [3.63, 3.8) is 0 Å². The second kappa shape index (κ2) is 6.17. The van der Waals surface area contributed by atoms with Gasteiger partial charge >= 0.3 is 5.97 Å². The normalized spacial score (nSPS) is 21.3. The van der Waals surface area contributed by atoms with Gasteiger partial charge in [0.15, 0.2) is 11.6 Å². The Morgan fingerprint density at radius 2 is 1.95 bits per heavy atom. The third-order valence-corrected chi connectivity index (χ3v) is 3.85. The standard InChI is InChI=1S/C14H16F2N2O3/c15-10-4-9(14(20)21)12(5-11(10)16)18-13(19)8-3-1-2-7(8)6-17/h4-5,7-8H,1-3,6,17H2,(H,18,19)(H,20,21). The minimum absolute atomic E-state index is 0.0311. The fourth-order valence-electron chi connectivity index (χ4n) is 2.72. The molecule has 4 N–H and O–H groups in total. The van der Waals surface area contributed by atoms with Crippen molar-refractivity contribution in [3.8, 4) is 0 Å². The lowest BCUT2D eigenvalue weighted by molar-refractivity contribution is -0.120. The molecule has 0 heterocycles. The molecule has 0 aromatic heterocycles. The van der Waals surface area contributed by atoms with Gasteiger partial charge in [-0.2, -0.15) is 0 Å². The van der Waals surface area contributed by atoms with E-state index in [9.17, 15) is 18.4 Å². The maximum Gasteiger partial charge on any atom is 0.337 e. The van der Waals surface area contributed by atoms with Crippen LogP contribution in [0.15, 0.2) is 12.1 Å². The van der Waals surface area contributed by atoms with E-state index < -0.39 is 29.1 Å². The Balaban J connectivity index is 2.24. The lowest BCUT2D eigenvalue weighted by Crippen LogP contribution is -2.30. The second-order valence-electron chi connectivity index (χ2n) is 5.14. The van der Waals surface area contributed by atoms with E-state index in [4.69, 9.17) is 10.8 Å². The summed E-state index contributed by atoms with van der Waals surface area (Å²) in [5.41, 5.74) is 4.87. The number of carboxylic acid groups (broad SMARTS) is 1. The first-order valence-corrected chi connectivity index (χ1v) is 6.67. The molecular weight excluding hydrogens is 282 g/mol. The topological polar surface area (TPSA) is 92.4 Å². The first kappa shape index (κ1) is 15.4. The number of nitrogens with one attached hydrogen (secondary N) is 1. The molecule has 0 saturated heterocycles. The van der Waals surface area contributed by atoms with Gasteiger partial charge in [-0.1, -0.05) is 6.42 Å². The van der Waals surface area contributed by atoms with Gasteiger partial charge in [0.05, 0.1) is 11.3 Å². The molecule has 0 radical (unpaired) electrons. The van der Waals surface area contributed by atoms with Crippen molar-refractivity contribution in [1.29, 1.82) is 0 Å². The Kier molecular flexibility index (Phi) is 4.52. The van der Waals surface area contributed by atoms with Crippen molar-refractivity contribution in [2.45, 2.75) is 19.3 Å². The fraction of sp³-hybridized carbons (Fsp3) is 0.429. The number of anilines is 1. The summed E-state index contributed by atoms with van der Waals surface area (Å²) in [6, 6.07) is 1.24. The molecule has 1 aromatic rings. The number of carbonyl (C=O) groups is 2. The predicted molar refractivity (Wildman–Crippen MR) is 71.8 cm³/mol. The Bertz CT molecular complexity index is 578. The molecule has 2 rings (SSSR count). The van der Waals surface area contributed by atoms with Crippen LogP contribution in [-0.4, -0.2) is 23.5 Å². The molecule has 7 heteroatoms. The van der Waals surface area contributed by atoms with Gasteiger partial charge in [-0.15, -0.1) is 0 Å². The number of carbonyl (C=O) groups excluding carboxylic acids is 1. The number of amides is 1. The van der Waals surface area contributed by atoms with Crippen LogP contribution >= 0.6 is 0 Å². The zero-order valence-corrected chi connectivity index (χ0v) is 11.2. The van der Waals surface area contributed by atoms with Gasteiger partial charge < -0.3 is 16.2 Å². The Hall–Kier alpha value is -2.02. The van der Waals surface area contributed by atoms with E-state index in [-0.39, 0.29) is 17.5 Å². The van der Waals surface area contributed by atoms with Gasteiger partial charge in [-0.3, -0.25) is 4.79 Å².